The third-order valence-electron chi connectivity index (χ3n) is 8.73. The molecular formula is C34H46N2O4Sn. The van der Waals surface area contributed by atoms with Gasteiger partial charge in [-0.2, -0.15) is 0 Å². The molecule has 0 aliphatic carbocycles. The molecule has 2 aromatic rings. The van der Waals surface area contributed by atoms with Crippen molar-refractivity contribution in [3.8, 4) is 5.75 Å². The summed E-state index contributed by atoms with van der Waals surface area (Å²) in [6, 6.07) is 13.3. The topological polar surface area (TPSA) is 66.9 Å². The molecule has 1 unspecified atom stereocenters. The summed E-state index contributed by atoms with van der Waals surface area (Å²) in [7, 11) is 1.61. The van der Waals surface area contributed by atoms with Gasteiger partial charge in [-0.3, -0.25) is 0 Å². The van der Waals surface area contributed by atoms with Crippen LogP contribution in [0.4, 0.5) is 0 Å². The van der Waals surface area contributed by atoms with Gasteiger partial charge < -0.3 is 4.74 Å². The molecule has 220 valence electrons. The number of piperidine rings is 1. The van der Waals surface area contributed by atoms with Gasteiger partial charge in [0.15, 0.2) is 0 Å². The van der Waals surface area contributed by atoms with Gasteiger partial charge in [0, 0.05) is 0 Å². The van der Waals surface area contributed by atoms with Crippen LogP contribution < -0.4 is 8.32 Å². The fourth-order valence-electron chi connectivity index (χ4n) is 6.28. The Labute approximate surface area is 256 Å². The van der Waals surface area contributed by atoms with E-state index in [1.165, 1.54) is 66.3 Å². The summed E-state index contributed by atoms with van der Waals surface area (Å²) in [5.41, 5.74) is 2.63. The van der Waals surface area contributed by atoms with E-state index in [0.29, 0.717) is 16.4 Å². The van der Waals surface area contributed by atoms with Gasteiger partial charge in [-0.05, 0) is 0 Å². The van der Waals surface area contributed by atoms with Gasteiger partial charge >= 0.3 is 240 Å². The second-order valence-corrected chi connectivity index (χ2v) is 17.1. The summed E-state index contributed by atoms with van der Waals surface area (Å²) in [4.78, 5) is 43.0. The number of fused-ring (bicyclic) bond motifs is 1. The number of rotatable bonds is 15. The Morgan fingerprint density at radius 2 is 1.54 bits per heavy atom. The van der Waals surface area contributed by atoms with Crippen molar-refractivity contribution in [1.29, 1.82) is 0 Å². The van der Waals surface area contributed by atoms with Crippen LogP contribution in [0.15, 0.2) is 42.5 Å². The molecule has 4 rings (SSSR count). The van der Waals surface area contributed by atoms with Crippen molar-refractivity contribution in [3.63, 3.8) is 0 Å². The summed E-state index contributed by atoms with van der Waals surface area (Å²) in [5.74, 6) is 0.198. The number of benzene rings is 2. The molecule has 0 aromatic heterocycles. The molecule has 6 nitrogen and oxygen atoms in total. The number of hydrogen-bond acceptors (Lipinski definition) is 4. The summed E-state index contributed by atoms with van der Waals surface area (Å²) in [6.07, 6.45) is 12.2. The van der Waals surface area contributed by atoms with Crippen molar-refractivity contribution < 1.29 is 19.1 Å². The van der Waals surface area contributed by atoms with Gasteiger partial charge in [0.1, 0.15) is 5.75 Å². The minimum atomic E-state index is -0.924. The summed E-state index contributed by atoms with van der Waals surface area (Å²) < 4.78 is 7.17. The predicted molar refractivity (Wildman–Crippen MR) is 165 cm³/mol. The quantitative estimate of drug-likeness (QED) is 0.163. The molecule has 0 bridgehead atoms. The molecule has 2 aromatic carbocycles. The summed E-state index contributed by atoms with van der Waals surface area (Å²) in [6.45, 7) is 7.55. The number of carbonyl (C=O) groups excluding carboxylic acids is 3. The summed E-state index contributed by atoms with van der Waals surface area (Å²) >= 11 is -0.924. The van der Waals surface area contributed by atoms with Crippen molar-refractivity contribution in [2.75, 3.05) is 7.11 Å². The number of amides is 3. The molecule has 1 atom stereocenters. The Kier molecular flexibility index (Phi) is 11.3. The molecule has 41 heavy (non-hydrogen) atoms. The Bertz CT molecular complexity index is 1190. The van der Waals surface area contributed by atoms with Crippen LogP contribution in [-0.4, -0.2) is 61.8 Å². The Morgan fingerprint density at radius 3 is 2.12 bits per heavy atom. The second-order valence-electron chi connectivity index (χ2n) is 11.7. The first-order chi connectivity index (χ1) is 19.8. The molecule has 2 radical (unpaired) electrons. The van der Waals surface area contributed by atoms with E-state index in [0.717, 1.165) is 22.4 Å². The van der Waals surface area contributed by atoms with Crippen LogP contribution in [-0.2, 0) is 22.7 Å². The van der Waals surface area contributed by atoms with Crippen LogP contribution in [0.2, 0.25) is 3.43 Å². The molecule has 2 aliphatic rings. The van der Waals surface area contributed by atoms with Gasteiger partial charge in [-0.25, -0.2) is 0 Å². The van der Waals surface area contributed by atoms with Crippen molar-refractivity contribution >= 4 is 42.4 Å². The molecule has 7 heteroatoms. The van der Waals surface area contributed by atoms with Gasteiger partial charge in [-0.1, -0.05) is 0 Å². The summed E-state index contributed by atoms with van der Waals surface area (Å²) in [5, 5.41) is 0. The molecule has 0 N–H and O–H groups in total. The van der Waals surface area contributed by atoms with E-state index < -0.39 is 27.2 Å². The SMILES string of the molecule is CCCC[C](CCCC)(CCCC)[Sn][c]1ccc2c(c1)CN(C1CCC(=O)N(Cc3ccc(OC)cc3)C1=O)C2=O. The van der Waals surface area contributed by atoms with Gasteiger partial charge in [0.25, 0.3) is 0 Å². The van der Waals surface area contributed by atoms with E-state index in [9.17, 15) is 14.4 Å². The maximum atomic E-state index is 13.6. The van der Waals surface area contributed by atoms with Crippen LogP contribution in [0.3, 0.4) is 0 Å². The zero-order chi connectivity index (χ0) is 29.4. The molecular weight excluding hydrogens is 619 g/mol. The zero-order valence-electron chi connectivity index (χ0n) is 25.3. The standard InChI is InChI=1S/C21H19N2O4.C13H27.Sn/c1-27-16-8-6-14(7-9-16)12-23-19(24)11-10-18(21(23)26)22-13-15-4-2-3-5-17(15)20(22)25;1-4-7-10-13(11-8-5-2)12-9-6-3;/h3-9,18H,10-13H2,1H3;4-12H2,1-3H3;. The molecule has 0 spiro atoms. The average molecular weight is 665 g/mol. The second kappa shape index (κ2) is 14.7. The van der Waals surface area contributed by atoms with Crippen molar-refractivity contribution in [2.24, 2.45) is 0 Å². The van der Waals surface area contributed by atoms with E-state index in [4.69, 9.17) is 4.74 Å². The molecule has 1 fully saturated rings. The Balaban J connectivity index is 1.51. The molecule has 3 amide bonds. The number of methoxy groups -OCH3 is 1. The third kappa shape index (κ3) is 7.54. The normalized spacial score (nSPS) is 17.4. The third-order valence-corrected chi connectivity index (χ3v) is 14.1. The van der Waals surface area contributed by atoms with E-state index in [1.54, 1.807) is 12.0 Å². The van der Waals surface area contributed by atoms with Crippen molar-refractivity contribution in [1.82, 2.24) is 9.80 Å². The van der Waals surface area contributed by atoms with Crippen molar-refractivity contribution in [2.45, 2.75) is 114 Å². The van der Waals surface area contributed by atoms with Crippen LogP contribution in [0, 0.1) is 0 Å². The van der Waals surface area contributed by atoms with Crippen LogP contribution >= 0.6 is 0 Å². The van der Waals surface area contributed by atoms with Gasteiger partial charge in [0.05, 0.1) is 7.11 Å². The first-order valence-corrected chi connectivity index (χ1v) is 18.4. The number of unbranched alkanes of at least 4 members (excludes halogenated alkanes) is 3. The molecule has 1 saturated heterocycles. The molecule has 2 heterocycles. The van der Waals surface area contributed by atoms with E-state index in [2.05, 4.69) is 32.9 Å². The number of hydrogen-bond donors (Lipinski definition) is 0. The maximum absolute atomic E-state index is 13.6. The molecule has 0 saturated carbocycles. The minimum absolute atomic E-state index is 0.0803. The van der Waals surface area contributed by atoms with Crippen LogP contribution in [0.25, 0.3) is 0 Å². The first-order valence-electron chi connectivity index (χ1n) is 15.5. The monoisotopic (exact) mass is 666 g/mol. The number of imide groups is 1. The fraction of sp³-hybridized carbons (Fsp3) is 0.559. The van der Waals surface area contributed by atoms with E-state index in [-0.39, 0.29) is 30.7 Å². The van der Waals surface area contributed by atoms with E-state index in [1.807, 2.05) is 30.3 Å². The Morgan fingerprint density at radius 1 is 0.902 bits per heavy atom. The number of nitrogens with zero attached hydrogens (tertiary/aromatic N) is 2. The van der Waals surface area contributed by atoms with Gasteiger partial charge in [-0.15, -0.1) is 0 Å². The zero-order valence-corrected chi connectivity index (χ0v) is 28.2. The number of ether oxygens (including phenoxy) is 1. The average Bonchev–Trinajstić information content (AvgIpc) is 3.31. The molecule has 2 aliphatic heterocycles. The first kappa shape index (κ1) is 31.6. The Hall–Kier alpha value is -2.35. The van der Waals surface area contributed by atoms with Gasteiger partial charge in [0.2, 0.25) is 0 Å². The number of likely N-dealkylation sites (tertiary alicyclic amines) is 1. The predicted octanol–water partition coefficient (Wildman–Crippen LogP) is 6.43. The number of carbonyl (C=O) groups is 3. The van der Waals surface area contributed by atoms with Crippen LogP contribution in [0.1, 0.15) is 113 Å². The van der Waals surface area contributed by atoms with Crippen LogP contribution in [0.5, 0.6) is 5.75 Å². The van der Waals surface area contributed by atoms with Crippen molar-refractivity contribution in [3.05, 3.63) is 59.2 Å². The fourth-order valence-corrected chi connectivity index (χ4v) is 11.8. The van der Waals surface area contributed by atoms with E-state index >= 15 is 0 Å².